The third kappa shape index (κ3) is 5.77. The van der Waals surface area contributed by atoms with Crippen molar-refractivity contribution in [2.45, 2.75) is 38.0 Å². The van der Waals surface area contributed by atoms with E-state index in [0.29, 0.717) is 29.6 Å². The highest BCUT2D eigenvalue weighted by Crippen LogP contribution is 2.50. The minimum absolute atomic E-state index is 0.156. The number of thioether (sulfide) groups is 1. The van der Waals surface area contributed by atoms with Crippen molar-refractivity contribution in [3.63, 3.8) is 0 Å². The molecule has 0 unspecified atom stereocenters. The molecular formula is C32H33N5O5S. The van der Waals surface area contributed by atoms with E-state index in [4.69, 9.17) is 19.3 Å². The van der Waals surface area contributed by atoms with Crippen LogP contribution in [-0.2, 0) is 21.5 Å². The zero-order valence-electron chi connectivity index (χ0n) is 24.5. The molecule has 6 rings (SSSR count). The van der Waals surface area contributed by atoms with Crippen molar-refractivity contribution in [1.29, 1.82) is 0 Å². The largest absolute Gasteiger partial charge is 0.497 e. The average Bonchev–Trinajstić information content (AvgIpc) is 3.61. The van der Waals surface area contributed by atoms with Gasteiger partial charge in [0.2, 0.25) is 18.6 Å². The van der Waals surface area contributed by atoms with E-state index in [-0.39, 0.29) is 41.6 Å². The standard InChI is InChI=1S/C32H33N5O5S/c1-32(2,3)30-28-29(21-5-10-24-25(15-21)42-19-41-24)43-18-27(39)36(17-26(38)34-16-20-11-13-33-14-12-20)31(28)37(35-30)22-6-8-23(40-4)9-7-22/h5-15,29H,16-19H2,1-4H3,(H,34,38)/t29-/m1/s1. The molecule has 0 aliphatic carbocycles. The number of carbonyl (C=O) groups is 2. The molecule has 0 saturated heterocycles. The van der Waals surface area contributed by atoms with Gasteiger partial charge in [-0.05, 0) is 59.7 Å². The molecule has 0 bridgehead atoms. The number of hydrogen-bond acceptors (Lipinski definition) is 8. The third-order valence-corrected chi connectivity index (χ3v) is 8.61. The Morgan fingerprint density at radius 3 is 2.53 bits per heavy atom. The summed E-state index contributed by atoms with van der Waals surface area (Å²) in [5, 5.41) is 7.84. The number of methoxy groups -OCH3 is 1. The summed E-state index contributed by atoms with van der Waals surface area (Å²) in [6.07, 6.45) is 3.36. The number of ether oxygens (including phenoxy) is 3. The molecule has 0 spiro atoms. The van der Waals surface area contributed by atoms with E-state index >= 15 is 0 Å². The van der Waals surface area contributed by atoms with Gasteiger partial charge in [0.05, 0.1) is 29.5 Å². The summed E-state index contributed by atoms with van der Waals surface area (Å²) >= 11 is 1.52. The molecule has 4 aromatic rings. The van der Waals surface area contributed by atoms with Crippen LogP contribution in [0.1, 0.15) is 48.4 Å². The van der Waals surface area contributed by atoms with Gasteiger partial charge in [0.1, 0.15) is 18.1 Å². The zero-order chi connectivity index (χ0) is 30.1. The summed E-state index contributed by atoms with van der Waals surface area (Å²) in [5.41, 5.74) is 3.99. The Kier molecular flexibility index (Phi) is 7.74. The summed E-state index contributed by atoms with van der Waals surface area (Å²) < 4.78 is 18.4. The summed E-state index contributed by atoms with van der Waals surface area (Å²) in [6.45, 7) is 6.66. The second kappa shape index (κ2) is 11.6. The summed E-state index contributed by atoms with van der Waals surface area (Å²) in [4.78, 5) is 32.9. The van der Waals surface area contributed by atoms with E-state index in [0.717, 1.165) is 28.1 Å². The van der Waals surface area contributed by atoms with Crippen LogP contribution in [0.5, 0.6) is 17.2 Å². The number of rotatable bonds is 7. The van der Waals surface area contributed by atoms with Gasteiger partial charge in [-0.15, -0.1) is 11.8 Å². The molecule has 2 aromatic carbocycles. The van der Waals surface area contributed by atoms with Gasteiger partial charge in [-0.3, -0.25) is 19.5 Å². The van der Waals surface area contributed by atoms with Gasteiger partial charge in [-0.25, -0.2) is 4.68 Å². The molecule has 1 N–H and O–H groups in total. The molecule has 2 aromatic heterocycles. The van der Waals surface area contributed by atoms with Crippen LogP contribution in [0.25, 0.3) is 5.69 Å². The highest BCUT2D eigenvalue weighted by molar-refractivity contribution is 8.00. The van der Waals surface area contributed by atoms with Gasteiger partial charge in [0.25, 0.3) is 0 Å². The maximum Gasteiger partial charge on any atom is 0.240 e. The summed E-state index contributed by atoms with van der Waals surface area (Å²) in [7, 11) is 1.62. The van der Waals surface area contributed by atoms with Crippen LogP contribution < -0.4 is 24.4 Å². The van der Waals surface area contributed by atoms with E-state index < -0.39 is 0 Å². The first-order valence-corrected chi connectivity index (χ1v) is 15.0. The molecule has 2 amide bonds. The van der Waals surface area contributed by atoms with E-state index in [2.05, 4.69) is 31.1 Å². The number of nitrogens with one attached hydrogen (secondary N) is 1. The average molecular weight is 600 g/mol. The molecule has 0 radical (unpaired) electrons. The normalized spacial score (nSPS) is 16.0. The first-order valence-electron chi connectivity index (χ1n) is 14.0. The maximum atomic E-state index is 13.9. The van der Waals surface area contributed by atoms with Gasteiger partial charge in [0, 0.05) is 29.9 Å². The van der Waals surface area contributed by atoms with Gasteiger partial charge >= 0.3 is 0 Å². The predicted octanol–water partition coefficient (Wildman–Crippen LogP) is 4.79. The topological polar surface area (TPSA) is 108 Å². The number of fused-ring (bicyclic) bond motifs is 2. The molecule has 43 heavy (non-hydrogen) atoms. The van der Waals surface area contributed by atoms with Gasteiger partial charge in [-0.1, -0.05) is 26.8 Å². The molecule has 1 atom stereocenters. The fourth-order valence-electron chi connectivity index (χ4n) is 5.22. The summed E-state index contributed by atoms with van der Waals surface area (Å²) in [6, 6.07) is 17.1. The Morgan fingerprint density at radius 1 is 1.07 bits per heavy atom. The van der Waals surface area contributed by atoms with E-state index in [1.807, 2.05) is 54.6 Å². The van der Waals surface area contributed by atoms with Crippen LogP contribution >= 0.6 is 11.8 Å². The Morgan fingerprint density at radius 2 is 1.81 bits per heavy atom. The lowest BCUT2D eigenvalue weighted by atomic mass is 9.87. The number of hydrogen-bond donors (Lipinski definition) is 1. The second-order valence-corrected chi connectivity index (χ2v) is 12.5. The fourth-order valence-corrected chi connectivity index (χ4v) is 6.40. The van der Waals surface area contributed by atoms with E-state index in [9.17, 15) is 9.59 Å². The maximum absolute atomic E-state index is 13.9. The van der Waals surface area contributed by atoms with E-state index in [1.165, 1.54) is 11.8 Å². The van der Waals surface area contributed by atoms with Crippen molar-refractivity contribution in [3.05, 3.63) is 89.4 Å². The first-order chi connectivity index (χ1) is 20.7. The van der Waals surface area contributed by atoms with Crippen LogP contribution in [-0.4, -0.2) is 52.8 Å². The molecule has 10 nitrogen and oxygen atoms in total. The third-order valence-electron chi connectivity index (χ3n) is 7.36. The quantitative estimate of drug-likeness (QED) is 0.323. The number of anilines is 1. The Bertz CT molecular complexity index is 1650. The van der Waals surface area contributed by atoms with Gasteiger partial charge in [0.15, 0.2) is 11.5 Å². The molecule has 0 fully saturated rings. The van der Waals surface area contributed by atoms with Crippen LogP contribution in [0.15, 0.2) is 67.0 Å². The van der Waals surface area contributed by atoms with Crippen LogP contribution in [0, 0.1) is 0 Å². The zero-order valence-corrected chi connectivity index (χ0v) is 25.3. The van der Waals surface area contributed by atoms with Crippen molar-refractivity contribution in [2.75, 3.05) is 31.1 Å². The van der Waals surface area contributed by atoms with Crippen molar-refractivity contribution in [2.24, 2.45) is 0 Å². The van der Waals surface area contributed by atoms with Crippen molar-refractivity contribution < 1.29 is 23.8 Å². The number of nitrogens with zero attached hydrogens (tertiary/aromatic N) is 4. The van der Waals surface area contributed by atoms with Crippen molar-refractivity contribution in [3.8, 4) is 22.9 Å². The number of aromatic nitrogens is 3. The molecule has 11 heteroatoms. The van der Waals surface area contributed by atoms with Gasteiger partial charge < -0.3 is 19.5 Å². The molecule has 4 heterocycles. The summed E-state index contributed by atoms with van der Waals surface area (Å²) in [5.74, 6) is 2.36. The smallest absolute Gasteiger partial charge is 0.240 e. The minimum atomic E-state index is -0.375. The fraction of sp³-hybridized carbons (Fsp3) is 0.312. The van der Waals surface area contributed by atoms with Crippen molar-refractivity contribution >= 4 is 29.4 Å². The number of pyridine rings is 1. The van der Waals surface area contributed by atoms with Crippen molar-refractivity contribution in [1.82, 2.24) is 20.1 Å². The first kappa shape index (κ1) is 28.6. The van der Waals surface area contributed by atoms with Gasteiger partial charge in [-0.2, -0.15) is 5.10 Å². The van der Waals surface area contributed by atoms with Crippen LogP contribution in [0.3, 0.4) is 0 Å². The molecule has 2 aliphatic heterocycles. The minimum Gasteiger partial charge on any atom is -0.497 e. The number of carbonyl (C=O) groups excluding carboxylic acids is 2. The lowest BCUT2D eigenvalue weighted by Crippen LogP contribution is -2.42. The van der Waals surface area contributed by atoms with Crippen LogP contribution in [0.2, 0.25) is 0 Å². The second-order valence-electron chi connectivity index (χ2n) is 11.4. The molecule has 222 valence electrons. The molecule has 2 aliphatic rings. The highest BCUT2D eigenvalue weighted by Gasteiger charge is 2.40. The molecule has 0 saturated carbocycles. The number of benzene rings is 2. The SMILES string of the molecule is COc1ccc(-n2nc(C(C)(C)C)c3c2N(CC(=O)NCc2ccncc2)C(=O)CS[C@@H]3c2ccc3c(c2)OCO3)cc1. The Labute approximate surface area is 254 Å². The Balaban J connectivity index is 1.48. The Hall–Kier alpha value is -4.51. The highest BCUT2D eigenvalue weighted by atomic mass is 32.2. The lowest BCUT2D eigenvalue weighted by Gasteiger charge is -2.24. The van der Waals surface area contributed by atoms with E-state index in [1.54, 1.807) is 29.1 Å². The molecular weight excluding hydrogens is 566 g/mol. The monoisotopic (exact) mass is 599 g/mol. The number of amides is 2. The predicted molar refractivity (Wildman–Crippen MR) is 164 cm³/mol. The van der Waals surface area contributed by atoms with Crippen LogP contribution in [0.4, 0.5) is 5.82 Å². The lowest BCUT2D eigenvalue weighted by molar-refractivity contribution is -0.123.